The summed E-state index contributed by atoms with van der Waals surface area (Å²) in [5, 5.41) is -0.0690. The lowest BCUT2D eigenvalue weighted by Gasteiger charge is -2.06. The van der Waals surface area contributed by atoms with Crippen LogP contribution in [-0.4, -0.2) is 47.1 Å². The molecule has 120 valence electrons. The van der Waals surface area contributed by atoms with Crippen LogP contribution in [-0.2, 0) is 23.6 Å². The molecule has 0 aliphatic rings. The van der Waals surface area contributed by atoms with Crippen molar-refractivity contribution >= 4 is 10.0 Å². The van der Waals surface area contributed by atoms with Gasteiger partial charge in [0.1, 0.15) is 5.82 Å². The summed E-state index contributed by atoms with van der Waals surface area (Å²) in [5.74, 6) is 0.754. The predicted molar refractivity (Wildman–Crippen MR) is 74.9 cm³/mol. The van der Waals surface area contributed by atoms with Crippen LogP contribution in [0.25, 0.3) is 0 Å². The summed E-state index contributed by atoms with van der Waals surface area (Å²) < 4.78 is 38.1. The van der Waals surface area contributed by atoms with Crippen molar-refractivity contribution in [3.05, 3.63) is 17.8 Å². The number of nitrogens with zero attached hydrogens (tertiary/aromatic N) is 5. The minimum absolute atomic E-state index is 0.0368. The lowest BCUT2D eigenvalue weighted by atomic mass is 10.6. The first kappa shape index (κ1) is 16.1. The standard InChI is InChI=1S/C11H16N6O4S/c1-7-13-9(6-17(7)2)22(18,19)12-5-8-14-10(20-3)16-11(15-8)21-4/h6,12H,5H2,1-4H3. The topological polar surface area (TPSA) is 121 Å². The molecule has 0 aliphatic carbocycles. The van der Waals surface area contributed by atoms with Crippen molar-refractivity contribution in [3.8, 4) is 12.0 Å². The Bertz CT molecular complexity index is 731. The quantitative estimate of drug-likeness (QED) is 0.747. The zero-order valence-corrected chi connectivity index (χ0v) is 13.4. The number of hydrogen-bond acceptors (Lipinski definition) is 8. The number of rotatable bonds is 6. The van der Waals surface area contributed by atoms with E-state index in [9.17, 15) is 8.42 Å². The van der Waals surface area contributed by atoms with Gasteiger partial charge in [-0.1, -0.05) is 0 Å². The molecule has 0 bridgehead atoms. The van der Waals surface area contributed by atoms with Gasteiger partial charge in [0.15, 0.2) is 10.9 Å². The zero-order chi connectivity index (χ0) is 16.3. The average molecular weight is 328 g/mol. The fourth-order valence-corrected chi connectivity index (χ4v) is 2.54. The van der Waals surface area contributed by atoms with Crippen molar-refractivity contribution in [3.63, 3.8) is 0 Å². The number of aryl methyl sites for hydroxylation is 2. The van der Waals surface area contributed by atoms with Gasteiger partial charge in [-0.3, -0.25) is 0 Å². The monoisotopic (exact) mass is 328 g/mol. The van der Waals surface area contributed by atoms with Gasteiger partial charge in [-0.05, 0) is 6.92 Å². The fraction of sp³-hybridized carbons (Fsp3) is 0.455. The van der Waals surface area contributed by atoms with E-state index in [0.717, 1.165) is 0 Å². The van der Waals surface area contributed by atoms with Crippen LogP contribution >= 0.6 is 0 Å². The van der Waals surface area contributed by atoms with Crippen LogP contribution in [0.15, 0.2) is 11.2 Å². The molecule has 2 aromatic heterocycles. The summed E-state index contributed by atoms with van der Waals surface area (Å²) in [4.78, 5) is 15.7. The smallest absolute Gasteiger partial charge is 0.322 e. The van der Waals surface area contributed by atoms with Crippen molar-refractivity contribution in [1.82, 2.24) is 29.2 Å². The number of ether oxygens (including phenoxy) is 2. The first-order valence-corrected chi connectivity index (χ1v) is 7.66. The number of aromatic nitrogens is 5. The van der Waals surface area contributed by atoms with Crippen LogP contribution < -0.4 is 14.2 Å². The van der Waals surface area contributed by atoms with Gasteiger partial charge in [-0.25, -0.2) is 18.1 Å². The maximum Gasteiger partial charge on any atom is 0.322 e. The molecule has 2 aromatic rings. The second kappa shape index (κ2) is 6.23. The molecule has 2 rings (SSSR count). The van der Waals surface area contributed by atoms with E-state index < -0.39 is 10.0 Å². The number of sulfonamides is 1. The molecule has 22 heavy (non-hydrogen) atoms. The highest BCUT2D eigenvalue weighted by molar-refractivity contribution is 7.89. The number of hydrogen-bond donors (Lipinski definition) is 1. The van der Waals surface area contributed by atoms with E-state index in [4.69, 9.17) is 9.47 Å². The van der Waals surface area contributed by atoms with Crippen LogP contribution in [0, 0.1) is 6.92 Å². The highest BCUT2D eigenvalue weighted by Gasteiger charge is 2.19. The molecule has 0 fully saturated rings. The van der Waals surface area contributed by atoms with Gasteiger partial charge in [-0.15, -0.1) is 4.98 Å². The minimum atomic E-state index is -3.76. The van der Waals surface area contributed by atoms with E-state index in [-0.39, 0.29) is 29.4 Å². The summed E-state index contributed by atoms with van der Waals surface area (Å²) in [5.41, 5.74) is 0. The van der Waals surface area contributed by atoms with E-state index in [1.54, 1.807) is 18.5 Å². The van der Waals surface area contributed by atoms with E-state index in [2.05, 4.69) is 24.7 Å². The van der Waals surface area contributed by atoms with E-state index >= 15 is 0 Å². The van der Waals surface area contributed by atoms with Gasteiger partial charge in [0.05, 0.1) is 20.8 Å². The van der Waals surface area contributed by atoms with Crippen LogP contribution in [0.3, 0.4) is 0 Å². The summed E-state index contributed by atoms with van der Waals surface area (Å²) in [6.07, 6.45) is 1.42. The van der Waals surface area contributed by atoms with Crippen molar-refractivity contribution in [2.24, 2.45) is 7.05 Å². The molecule has 0 aromatic carbocycles. The molecule has 2 heterocycles. The molecule has 0 atom stereocenters. The Morgan fingerprint density at radius 1 is 1.14 bits per heavy atom. The second-order valence-electron chi connectivity index (χ2n) is 4.29. The van der Waals surface area contributed by atoms with E-state index in [0.29, 0.717) is 5.82 Å². The normalized spacial score (nSPS) is 11.5. The average Bonchev–Trinajstić information content (AvgIpc) is 2.85. The molecule has 0 unspecified atom stereocenters. The lowest BCUT2D eigenvalue weighted by Crippen LogP contribution is -2.25. The molecular weight excluding hydrogens is 312 g/mol. The zero-order valence-electron chi connectivity index (χ0n) is 12.6. The third-order valence-corrected chi connectivity index (χ3v) is 4.06. The summed E-state index contributed by atoms with van der Waals surface area (Å²) in [6, 6.07) is 0.0736. The van der Waals surface area contributed by atoms with Gasteiger partial charge < -0.3 is 14.0 Å². The van der Waals surface area contributed by atoms with Crippen molar-refractivity contribution in [2.75, 3.05) is 14.2 Å². The minimum Gasteiger partial charge on any atom is -0.467 e. The van der Waals surface area contributed by atoms with Crippen molar-refractivity contribution in [1.29, 1.82) is 0 Å². The Hall–Kier alpha value is -2.27. The summed E-state index contributed by atoms with van der Waals surface area (Å²) in [7, 11) is 0.725. The molecular formula is C11H16N6O4S. The van der Waals surface area contributed by atoms with Gasteiger partial charge in [0.2, 0.25) is 0 Å². The molecule has 0 saturated heterocycles. The van der Waals surface area contributed by atoms with Crippen LogP contribution in [0.1, 0.15) is 11.6 Å². The number of imidazole rings is 1. The Balaban J connectivity index is 2.18. The SMILES string of the molecule is COc1nc(CNS(=O)(=O)c2cn(C)c(C)n2)nc(OC)n1. The molecule has 0 saturated carbocycles. The lowest BCUT2D eigenvalue weighted by molar-refractivity contribution is 0.336. The molecule has 0 spiro atoms. The molecule has 0 amide bonds. The van der Waals surface area contributed by atoms with E-state index in [1.165, 1.54) is 20.4 Å². The second-order valence-corrected chi connectivity index (χ2v) is 6.00. The first-order valence-electron chi connectivity index (χ1n) is 6.18. The molecule has 1 N–H and O–H groups in total. The van der Waals surface area contributed by atoms with E-state index in [1.807, 2.05) is 0 Å². The summed E-state index contributed by atoms with van der Waals surface area (Å²) in [6.45, 7) is 1.56. The van der Waals surface area contributed by atoms with Gasteiger partial charge in [0, 0.05) is 13.2 Å². The highest BCUT2D eigenvalue weighted by Crippen LogP contribution is 2.11. The van der Waals surface area contributed by atoms with Gasteiger partial charge >= 0.3 is 12.0 Å². The Morgan fingerprint density at radius 2 is 1.73 bits per heavy atom. The maximum atomic E-state index is 12.2. The largest absolute Gasteiger partial charge is 0.467 e. The fourth-order valence-electron chi connectivity index (χ4n) is 1.53. The Morgan fingerprint density at radius 3 is 2.18 bits per heavy atom. The van der Waals surface area contributed by atoms with Gasteiger partial charge in [0.25, 0.3) is 10.0 Å². The maximum absolute atomic E-state index is 12.2. The van der Waals surface area contributed by atoms with Crippen LogP contribution in [0.5, 0.6) is 12.0 Å². The number of nitrogens with one attached hydrogen (secondary N) is 1. The first-order chi connectivity index (χ1) is 10.4. The Kier molecular flexibility index (Phi) is 4.56. The molecule has 10 nitrogen and oxygen atoms in total. The van der Waals surface area contributed by atoms with Crippen LogP contribution in [0.2, 0.25) is 0 Å². The molecule has 0 aliphatic heterocycles. The molecule has 11 heteroatoms. The molecule has 0 radical (unpaired) electrons. The Labute approximate surface area is 127 Å². The summed E-state index contributed by atoms with van der Waals surface area (Å²) >= 11 is 0. The third kappa shape index (κ3) is 3.49. The highest BCUT2D eigenvalue weighted by atomic mass is 32.2. The van der Waals surface area contributed by atoms with Crippen molar-refractivity contribution in [2.45, 2.75) is 18.5 Å². The third-order valence-electron chi connectivity index (χ3n) is 2.79. The van der Waals surface area contributed by atoms with Crippen molar-refractivity contribution < 1.29 is 17.9 Å². The van der Waals surface area contributed by atoms with Crippen LogP contribution in [0.4, 0.5) is 0 Å². The number of methoxy groups -OCH3 is 2. The van der Waals surface area contributed by atoms with Gasteiger partial charge in [-0.2, -0.15) is 9.97 Å². The predicted octanol–water partition coefficient (Wildman–Crippen LogP) is -0.591.